The van der Waals surface area contributed by atoms with Gasteiger partial charge in [-0.3, -0.25) is 9.59 Å². The van der Waals surface area contributed by atoms with Gasteiger partial charge in [-0.25, -0.2) is 4.98 Å². The Morgan fingerprint density at radius 3 is 3.12 bits per heavy atom. The molecule has 1 aromatic heterocycles. The van der Waals surface area contributed by atoms with E-state index >= 15 is 0 Å². The van der Waals surface area contributed by atoms with Gasteiger partial charge >= 0.3 is 0 Å². The number of hydrogen-bond acceptors (Lipinski definition) is 4. The topological polar surface area (TPSA) is 62.3 Å². The van der Waals surface area contributed by atoms with Crippen molar-refractivity contribution in [3.63, 3.8) is 0 Å². The van der Waals surface area contributed by atoms with E-state index in [9.17, 15) is 9.59 Å². The average molecular weight is 239 g/mol. The van der Waals surface area contributed by atoms with Gasteiger partial charge in [-0.05, 0) is 6.92 Å². The van der Waals surface area contributed by atoms with Crippen molar-refractivity contribution >= 4 is 23.2 Å². The minimum atomic E-state index is -0.435. The standard InChI is InChI=1S/C10H13N3O2S/c1-7-10(15)13(4-2-8(14)12-7)6-9-11-3-5-16-9/h3,5,7H,2,4,6H2,1H3,(H,12,14). The van der Waals surface area contributed by atoms with E-state index in [-0.39, 0.29) is 11.8 Å². The molecule has 2 rings (SSSR count). The van der Waals surface area contributed by atoms with Crippen molar-refractivity contribution in [2.24, 2.45) is 0 Å². The highest BCUT2D eigenvalue weighted by molar-refractivity contribution is 7.09. The smallest absolute Gasteiger partial charge is 0.245 e. The van der Waals surface area contributed by atoms with Crippen molar-refractivity contribution in [1.29, 1.82) is 0 Å². The zero-order valence-electron chi connectivity index (χ0n) is 8.97. The number of rotatable bonds is 2. The molecule has 86 valence electrons. The SMILES string of the molecule is CC1NC(=O)CCN(Cc2nccs2)C1=O. The quantitative estimate of drug-likeness (QED) is 0.811. The van der Waals surface area contributed by atoms with Crippen LogP contribution in [0.15, 0.2) is 11.6 Å². The Bertz CT molecular complexity index is 391. The molecule has 1 aliphatic rings. The predicted octanol–water partition coefficient (Wildman–Crippen LogP) is 0.380. The molecule has 1 fully saturated rings. The highest BCUT2D eigenvalue weighted by atomic mass is 32.1. The van der Waals surface area contributed by atoms with Gasteiger partial charge in [-0.1, -0.05) is 0 Å². The number of thiazole rings is 1. The summed E-state index contributed by atoms with van der Waals surface area (Å²) in [6.07, 6.45) is 2.08. The monoisotopic (exact) mass is 239 g/mol. The van der Waals surface area contributed by atoms with Crippen LogP contribution in [0.5, 0.6) is 0 Å². The molecule has 16 heavy (non-hydrogen) atoms. The van der Waals surface area contributed by atoms with Crippen LogP contribution < -0.4 is 5.32 Å². The second-order valence-corrected chi connectivity index (χ2v) is 4.70. The lowest BCUT2D eigenvalue weighted by atomic mass is 10.3. The molecule has 1 unspecified atom stereocenters. The number of hydrogen-bond donors (Lipinski definition) is 1. The number of nitrogens with zero attached hydrogens (tertiary/aromatic N) is 2. The molecule has 1 saturated heterocycles. The van der Waals surface area contributed by atoms with Crippen LogP contribution in [-0.2, 0) is 16.1 Å². The van der Waals surface area contributed by atoms with E-state index < -0.39 is 6.04 Å². The van der Waals surface area contributed by atoms with E-state index in [2.05, 4.69) is 10.3 Å². The van der Waals surface area contributed by atoms with Gasteiger partial charge in [0.2, 0.25) is 11.8 Å². The lowest BCUT2D eigenvalue weighted by molar-refractivity contribution is -0.133. The Morgan fingerprint density at radius 1 is 1.62 bits per heavy atom. The van der Waals surface area contributed by atoms with Crippen LogP contribution in [-0.4, -0.2) is 34.3 Å². The van der Waals surface area contributed by atoms with Crippen molar-refractivity contribution in [2.75, 3.05) is 6.54 Å². The number of nitrogens with one attached hydrogen (secondary N) is 1. The second-order valence-electron chi connectivity index (χ2n) is 3.72. The summed E-state index contributed by atoms with van der Waals surface area (Å²) in [6.45, 7) is 2.67. The summed E-state index contributed by atoms with van der Waals surface area (Å²) >= 11 is 1.52. The molecule has 0 radical (unpaired) electrons. The van der Waals surface area contributed by atoms with E-state index in [0.29, 0.717) is 19.5 Å². The van der Waals surface area contributed by atoms with Gasteiger partial charge in [0.15, 0.2) is 0 Å². The Balaban J connectivity index is 2.08. The van der Waals surface area contributed by atoms with Gasteiger partial charge in [0.25, 0.3) is 0 Å². The molecule has 0 spiro atoms. The maximum Gasteiger partial charge on any atom is 0.245 e. The summed E-state index contributed by atoms with van der Waals surface area (Å²) in [7, 11) is 0. The van der Waals surface area contributed by atoms with Crippen LogP contribution in [0.3, 0.4) is 0 Å². The maximum absolute atomic E-state index is 11.9. The molecule has 0 aliphatic carbocycles. The van der Waals surface area contributed by atoms with E-state index in [1.165, 1.54) is 11.3 Å². The molecule has 6 heteroatoms. The zero-order chi connectivity index (χ0) is 11.5. The average Bonchev–Trinajstić information content (AvgIpc) is 2.71. The Kier molecular flexibility index (Phi) is 3.19. The van der Waals surface area contributed by atoms with E-state index in [4.69, 9.17) is 0 Å². The molecule has 2 heterocycles. The van der Waals surface area contributed by atoms with Gasteiger partial charge in [0, 0.05) is 24.5 Å². The molecule has 1 atom stereocenters. The first kappa shape index (κ1) is 11.1. The van der Waals surface area contributed by atoms with E-state index in [1.54, 1.807) is 18.0 Å². The first-order valence-corrected chi connectivity index (χ1v) is 6.01. The van der Waals surface area contributed by atoms with Crippen molar-refractivity contribution in [3.8, 4) is 0 Å². The van der Waals surface area contributed by atoms with Crippen molar-refractivity contribution in [3.05, 3.63) is 16.6 Å². The normalized spacial score (nSPS) is 21.8. The van der Waals surface area contributed by atoms with Crippen LogP contribution in [0.4, 0.5) is 0 Å². The molecule has 1 aliphatic heterocycles. The molecule has 1 N–H and O–H groups in total. The van der Waals surface area contributed by atoms with Crippen molar-refractivity contribution in [1.82, 2.24) is 15.2 Å². The molecular formula is C10H13N3O2S. The molecule has 0 aromatic carbocycles. The number of amides is 2. The minimum absolute atomic E-state index is 0.0407. The van der Waals surface area contributed by atoms with Crippen LogP contribution >= 0.6 is 11.3 Å². The van der Waals surface area contributed by atoms with E-state index in [0.717, 1.165) is 5.01 Å². The Morgan fingerprint density at radius 2 is 2.44 bits per heavy atom. The largest absolute Gasteiger partial charge is 0.345 e. The number of carbonyl (C=O) groups excluding carboxylic acids is 2. The fourth-order valence-electron chi connectivity index (χ4n) is 1.65. The van der Waals surface area contributed by atoms with Gasteiger partial charge in [0.05, 0.1) is 6.54 Å². The lowest BCUT2D eigenvalue weighted by Gasteiger charge is -2.20. The van der Waals surface area contributed by atoms with Crippen LogP contribution in [0.1, 0.15) is 18.4 Å². The number of carbonyl (C=O) groups is 2. The third kappa shape index (κ3) is 2.38. The second kappa shape index (κ2) is 4.61. The lowest BCUT2D eigenvalue weighted by Crippen LogP contribution is -2.42. The molecular weight excluding hydrogens is 226 g/mol. The molecule has 0 saturated carbocycles. The highest BCUT2D eigenvalue weighted by Gasteiger charge is 2.26. The maximum atomic E-state index is 11.9. The fraction of sp³-hybridized carbons (Fsp3) is 0.500. The van der Waals surface area contributed by atoms with Crippen molar-refractivity contribution < 1.29 is 9.59 Å². The van der Waals surface area contributed by atoms with E-state index in [1.807, 2.05) is 5.38 Å². The molecule has 1 aromatic rings. The number of aromatic nitrogens is 1. The first-order valence-electron chi connectivity index (χ1n) is 5.13. The van der Waals surface area contributed by atoms with Crippen LogP contribution in [0, 0.1) is 0 Å². The fourth-order valence-corrected chi connectivity index (χ4v) is 2.28. The summed E-state index contributed by atoms with van der Waals surface area (Å²) in [4.78, 5) is 29.0. The molecule has 0 bridgehead atoms. The summed E-state index contributed by atoms with van der Waals surface area (Å²) in [5.74, 6) is -0.108. The minimum Gasteiger partial charge on any atom is -0.345 e. The third-order valence-electron chi connectivity index (χ3n) is 2.48. The molecule has 2 amide bonds. The van der Waals surface area contributed by atoms with Crippen molar-refractivity contribution in [2.45, 2.75) is 25.9 Å². The van der Waals surface area contributed by atoms with Gasteiger partial charge in [0.1, 0.15) is 11.0 Å². The van der Waals surface area contributed by atoms with Gasteiger partial charge in [-0.2, -0.15) is 0 Å². The highest BCUT2D eigenvalue weighted by Crippen LogP contribution is 2.11. The molecule has 5 nitrogen and oxygen atoms in total. The third-order valence-corrected chi connectivity index (χ3v) is 3.24. The van der Waals surface area contributed by atoms with Gasteiger partial charge in [-0.15, -0.1) is 11.3 Å². The Labute approximate surface area is 97.5 Å². The van der Waals surface area contributed by atoms with Gasteiger partial charge < -0.3 is 10.2 Å². The summed E-state index contributed by atoms with van der Waals surface area (Å²) < 4.78 is 0. The van der Waals surface area contributed by atoms with Crippen LogP contribution in [0.2, 0.25) is 0 Å². The first-order chi connectivity index (χ1) is 7.66. The Hall–Kier alpha value is -1.43. The summed E-state index contributed by atoms with van der Waals surface area (Å²) in [5, 5.41) is 5.43. The predicted molar refractivity (Wildman–Crippen MR) is 59.8 cm³/mol. The summed E-state index contributed by atoms with van der Waals surface area (Å²) in [5.41, 5.74) is 0. The summed E-state index contributed by atoms with van der Waals surface area (Å²) in [6, 6.07) is -0.435. The van der Waals surface area contributed by atoms with Crippen LogP contribution in [0.25, 0.3) is 0 Å². The zero-order valence-corrected chi connectivity index (χ0v) is 9.79.